The van der Waals surface area contributed by atoms with Crippen molar-refractivity contribution in [1.29, 1.82) is 0 Å². The largest absolute Gasteiger partial charge is 0.467 e. The van der Waals surface area contributed by atoms with E-state index in [1.165, 1.54) is 16.2 Å². The van der Waals surface area contributed by atoms with Gasteiger partial charge in [-0.05, 0) is 77.6 Å². The number of esters is 1. The molecule has 4 nitrogen and oxygen atoms in total. The number of rotatable bonds is 6. The number of hydrogen-bond acceptors (Lipinski definition) is 3. The molecular formula is C18H26INO3. The molecule has 1 aromatic rings. The quantitative estimate of drug-likeness (QED) is 0.555. The lowest BCUT2D eigenvalue weighted by Crippen LogP contribution is -2.56. The highest BCUT2D eigenvalue weighted by Crippen LogP contribution is 2.22. The number of ether oxygens (including phenoxy) is 1. The maximum atomic E-state index is 12.5. The summed E-state index contributed by atoms with van der Waals surface area (Å²) in [6.07, 6.45) is 1.14. The van der Waals surface area contributed by atoms with Crippen molar-refractivity contribution in [3.05, 3.63) is 32.4 Å². The first-order chi connectivity index (χ1) is 10.7. The number of halogens is 1. The highest BCUT2D eigenvalue weighted by molar-refractivity contribution is 14.1. The Labute approximate surface area is 152 Å². The van der Waals surface area contributed by atoms with Gasteiger partial charge in [0.1, 0.15) is 5.54 Å². The average Bonchev–Trinajstić information content (AvgIpc) is 2.48. The van der Waals surface area contributed by atoms with Crippen LogP contribution < -0.4 is 5.32 Å². The molecular weight excluding hydrogens is 405 g/mol. The van der Waals surface area contributed by atoms with Gasteiger partial charge in [-0.25, -0.2) is 4.79 Å². The van der Waals surface area contributed by atoms with Gasteiger partial charge in [0, 0.05) is 3.57 Å². The number of amides is 1. The van der Waals surface area contributed by atoms with Crippen molar-refractivity contribution in [3.8, 4) is 0 Å². The van der Waals surface area contributed by atoms with Gasteiger partial charge in [0.2, 0.25) is 5.91 Å². The molecule has 0 aromatic heterocycles. The van der Waals surface area contributed by atoms with E-state index in [2.05, 4.69) is 47.0 Å². The summed E-state index contributed by atoms with van der Waals surface area (Å²) in [5, 5.41) is 2.87. The second-order valence-corrected chi connectivity index (χ2v) is 7.53. The van der Waals surface area contributed by atoms with E-state index in [0.717, 1.165) is 17.5 Å². The second-order valence-electron chi connectivity index (χ2n) is 6.29. The van der Waals surface area contributed by atoms with Crippen molar-refractivity contribution in [2.75, 3.05) is 7.11 Å². The summed E-state index contributed by atoms with van der Waals surface area (Å²) in [5.74, 6) is -0.649. The van der Waals surface area contributed by atoms with Gasteiger partial charge in [-0.3, -0.25) is 4.79 Å². The second kappa shape index (κ2) is 8.13. The first-order valence-electron chi connectivity index (χ1n) is 7.83. The molecule has 1 aromatic carbocycles. The maximum absolute atomic E-state index is 12.5. The van der Waals surface area contributed by atoms with Crippen molar-refractivity contribution >= 4 is 34.5 Å². The molecule has 128 valence electrons. The minimum Gasteiger partial charge on any atom is -0.467 e. The van der Waals surface area contributed by atoms with Crippen LogP contribution in [0.4, 0.5) is 0 Å². The van der Waals surface area contributed by atoms with E-state index in [1.54, 1.807) is 6.92 Å². The molecule has 0 aliphatic heterocycles. The molecule has 0 fully saturated rings. The third-order valence-electron chi connectivity index (χ3n) is 4.41. The first-order valence-corrected chi connectivity index (χ1v) is 8.90. The van der Waals surface area contributed by atoms with E-state index in [0.29, 0.717) is 0 Å². The van der Waals surface area contributed by atoms with Gasteiger partial charge in [-0.1, -0.05) is 20.8 Å². The SMILES string of the molecule is CCc1cc(I)cc(C)c1CC(=O)NC(C)(C(=O)OC)C(C)C. The van der Waals surface area contributed by atoms with Crippen LogP contribution in [0.1, 0.15) is 44.4 Å². The molecule has 1 unspecified atom stereocenters. The summed E-state index contributed by atoms with van der Waals surface area (Å²) in [6, 6.07) is 4.18. The molecule has 0 radical (unpaired) electrons. The predicted octanol–water partition coefficient (Wildman–Crippen LogP) is 3.41. The normalized spacial score (nSPS) is 13.6. The minimum atomic E-state index is -1.02. The Balaban J connectivity index is 3.03. The Kier molecular flexibility index (Phi) is 7.04. The lowest BCUT2D eigenvalue weighted by Gasteiger charge is -2.32. The van der Waals surface area contributed by atoms with E-state index in [4.69, 9.17) is 4.74 Å². The summed E-state index contributed by atoms with van der Waals surface area (Å²) >= 11 is 2.29. The van der Waals surface area contributed by atoms with E-state index in [-0.39, 0.29) is 18.2 Å². The van der Waals surface area contributed by atoms with Crippen LogP contribution in [0.5, 0.6) is 0 Å². The van der Waals surface area contributed by atoms with E-state index < -0.39 is 11.5 Å². The standard InChI is InChI=1S/C18H26INO3/c1-7-13-9-14(19)8-12(4)15(13)10-16(21)20-18(5,11(2)3)17(22)23-6/h8-9,11H,7,10H2,1-6H3,(H,20,21). The number of nitrogens with one attached hydrogen (secondary N) is 1. The van der Waals surface area contributed by atoms with Crippen molar-refractivity contribution in [3.63, 3.8) is 0 Å². The Bertz CT molecular complexity index is 598. The summed E-state index contributed by atoms with van der Waals surface area (Å²) in [5.41, 5.74) is 2.30. The molecule has 0 saturated heterocycles. The van der Waals surface area contributed by atoms with Crippen LogP contribution in [0.3, 0.4) is 0 Å². The maximum Gasteiger partial charge on any atom is 0.331 e. The van der Waals surface area contributed by atoms with Crippen LogP contribution in [0.15, 0.2) is 12.1 Å². The van der Waals surface area contributed by atoms with Gasteiger partial charge in [0.05, 0.1) is 13.5 Å². The number of methoxy groups -OCH3 is 1. The van der Waals surface area contributed by atoms with Crippen molar-refractivity contribution in [1.82, 2.24) is 5.32 Å². The predicted molar refractivity (Wildman–Crippen MR) is 100 cm³/mol. The van der Waals surface area contributed by atoms with Crippen LogP contribution in [-0.2, 0) is 27.2 Å². The summed E-state index contributed by atoms with van der Waals surface area (Å²) in [7, 11) is 1.34. The zero-order valence-corrected chi connectivity index (χ0v) is 16.9. The first kappa shape index (κ1) is 19.9. The molecule has 0 spiro atoms. The summed E-state index contributed by atoms with van der Waals surface area (Å²) < 4.78 is 6.03. The fourth-order valence-corrected chi connectivity index (χ4v) is 3.39. The van der Waals surface area contributed by atoms with Gasteiger partial charge in [-0.2, -0.15) is 0 Å². The number of carbonyl (C=O) groups excluding carboxylic acids is 2. The van der Waals surface area contributed by atoms with Crippen molar-refractivity contribution < 1.29 is 14.3 Å². The third kappa shape index (κ3) is 4.68. The Morgan fingerprint density at radius 2 is 1.96 bits per heavy atom. The number of benzene rings is 1. The molecule has 5 heteroatoms. The van der Waals surface area contributed by atoms with E-state index in [9.17, 15) is 9.59 Å². The fraction of sp³-hybridized carbons (Fsp3) is 0.556. The zero-order chi connectivity index (χ0) is 17.8. The van der Waals surface area contributed by atoms with Gasteiger partial charge < -0.3 is 10.1 Å². The number of carbonyl (C=O) groups is 2. The van der Waals surface area contributed by atoms with Gasteiger partial charge in [0.25, 0.3) is 0 Å². The van der Waals surface area contributed by atoms with Crippen LogP contribution in [0, 0.1) is 16.4 Å². The molecule has 1 N–H and O–H groups in total. The summed E-state index contributed by atoms with van der Waals surface area (Å²) in [6.45, 7) is 9.60. The highest BCUT2D eigenvalue weighted by atomic mass is 127. The Hall–Kier alpha value is -1.11. The topological polar surface area (TPSA) is 55.4 Å². The van der Waals surface area contributed by atoms with E-state index >= 15 is 0 Å². The van der Waals surface area contributed by atoms with Crippen LogP contribution in [-0.4, -0.2) is 24.5 Å². The zero-order valence-electron chi connectivity index (χ0n) is 14.7. The molecule has 0 saturated carbocycles. The Morgan fingerprint density at radius 3 is 2.43 bits per heavy atom. The van der Waals surface area contributed by atoms with Crippen molar-refractivity contribution in [2.45, 2.75) is 53.0 Å². The van der Waals surface area contributed by atoms with Crippen molar-refractivity contribution in [2.24, 2.45) is 5.92 Å². The highest BCUT2D eigenvalue weighted by Gasteiger charge is 2.39. The fourth-order valence-electron chi connectivity index (χ4n) is 2.55. The molecule has 1 rings (SSSR count). The van der Waals surface area contributed by atoms with Gasteiger partial charge in [-0.15, -0.1) is 0 Å². The van der Waals surface area contributed by atoms with E-state index in [1.807, 2.05) is 20.8 Å². The van der Waals surface area contributed by atoms with Crippen LogP contribution in [0.25, 0.3) is 0 Å². The minimum absolute atomic E-state index is 0.0673. The number of aryl methyl sites for hydroxylation is 2. The molecule has 0 aliphatic carbocycles. The molecule has 1 amide bonds. The molecule has 23 heavy (non-hydrogen) atoms. The van der Waals surface area contributed by atoms with Crippen LogP contribution in [0.2, 0.25) is 0 Å². The average molecular weight is 431 g/mol. The monoisotopic (exact) mass is 431 g/mol. The van der Waals surface area contributed by atoms with Gasteiger partial charge >= 0.3 is 5.97 Å². The number of hydrogen-bond donors (Lipinski definition) is 1. The molecule has 0 aliphatic rings. The van der Waals surface area contributed by atoms with Gasteiger partial charge in [0.15, 0.2) is 0 Å². The molecule has 0 heterocycles. The molecule has 0 bridgehead atoms. The molecule has 1 atom stereocenters. The Morgan fingerprint density at radius 1 is 1.35 bits per heavy atom. The smallest absolute Gasteiger partial charge is 0.331 e. The summed E-state index contributed by atoms with van der Waals surface area (Å²) in [4.78, 5) is 24.6. The third-order valence-corrected chi connectivity index (χ3v) is 5.03. The van der Waals surface area contributed by atoms with Crippen LogP contribution >= 0.6 is 22.6 Å². The lowest BCUT2D eigenvalue weighted by molar-refractivity contribution is -0.152. The lowest BCUT2D eigenvalue weighted by atomic mass is 9.87.